The summed E-state index contributed by atoms with van der Waals surface area (Å²) in [6, 6.07) is 7.23. The summed E-state index contributed by atoms with van der Waals surface area (Å²) in [7, 11) is 0. The molecule has 2 aromatic carbocycles. The third-order valence-corrected chi connectivity index (χ3v) is 7.99. The first-order valence-corrected chi connectivity index (χ1v) is 12.6. The maximum atomic E-state index is 14.3. The van der Waals surface area contributed by atoms with Crippen molar-refractivity contribution in [1.82, 2.24) is 10.1 Å². The predicted octanol–water partition coefficient (Wildman–Crippen LogP) is 7.46. The van der Waals surface area contributed by atoms with Crippen molar-refractivity contribution in [2.75, 3.05) is 6.54 Å². The van der Waals surface area contributed by atoms with Crippen LogP contribution in [0.1, 0.15) is 44.4 Å². The summed E-state index contributed by atoms with van der Waals surface area (Å²) in [5, 5.41) is 26.9. The Morgan fingerprint density at radius 1 is 1.19 bits per heavy atom. The van der Waals surface area contributed by atoms with Crippen LogP contribution in [0.25, 0.3) is 11.3 Å². The van der Waals surface area contributed by atoms with Gasteiger partial charge < -0.3 is 19.6 Å². The van der Waals surface area contributed by atoms with Gasteiger partial charge >= 0.3 is 6.09 Å². The number of likely N-dealkylation sites (tertiary alicyclic amines) is 1. The molecule has 4 rings (SSSR count). The second-order valence-electron chi connectivity index (χ2n) is 9.87. The lowest BCUT2D eigenvalue weighted by molar-refractivity contribution is -0.0977. The Labute approximate surface area is 224 Å². The van der Waals surface area contributed by atoms with Crippen LogP contribution in [-0.2, 0) is 5.60 Å². The number of hydrogen-bond donors (Lipinski definition) is 2. The van der Waals surface area contributed by atoms with Crippen molar-refractivity contribution in [3.63, 3.8) is 0 Å². The molecular weight excluding hydrogens is 581 g/mol. The lowest BCUT2D eigenvalue weighted by Crippen LogP contribution is -2.60. The van der Waals surface area contributed by atoms with Crippen LogP contribution in [0.15, 0.2) is 45.4 Å². The Balaban J connectivity index is 1.99. The Bertz CT molecular complexity index is 1310. The fraction of sp³-hybridized carbons (Fsp3) is 0.360. The van der Waals surface area contributed by atoms with E-state index in [0.29, 0.717) is 20.1 Å². The zero-order valence-electron chi connectivity index (χ0n) is 19.5. The van der Waals surface area contributed by atoms with E-state index in [1.54, 1.807) is 18.2 Å². The summed E-state index contributed by atoms with van der Waals surface area (Å²) in [6.07, 6.45) is -1.28. The summed E-state index contributed by atoms with van der Waals surface area (Å²) < 4.78 is 34.1. The van der Waals surface area contributed by atoms with Crippen LogP contribution >= 0.6 is 39.1 Å². The molecule has 0 aliphatic carbocycles. The highest BCUT2D eigenvalue weighted by atomic mass is 79.9. The molecule has 1 aliphatic heterocycles. The molecule has 0 radical (unpaired) electrons. The topological polar surface area (TPSA) is 86.8 Å². The maximum Gasteiger partial charge on any atom is 0.407 e. The molecule has 1 fully saturated rings. The Hall–Kier alpha value is -2.20. The number of aromatic nitrogens is 1. The first kappa shape index (κ1) is 26.9. The van der Waals surface area contributed by atoms with E-state index in [1.807, 2.05) is 20.8 Å². The van der Waals surface area contributed by atoms with E-state index in [-0.39, 0.29) is 30.0 Å². The van der Waals surface area contributed by atoms with Crippen molar-refractivity contribution in [2.24, 2.45) is 5.41 Å². The molecule has 0 bridgehead atoms. The third kappa shape index (κ3) is 4.51. The van der Waals surface area contributed by atoms with Crippen molar-refractivity contribution in [3.05, 3.63) is 73.9 Å². The van der Waals surface area contributed by atoms with Gasteiger partial charge in [-0.05, 0) is 57.6 Å². The smallest absolute Gasteiger partial charge is 0.407 e. The van der Waals surface area contributed by atoms with Crippen LogP contribution in [0.3, 0.4) is 0 Å². The molecule has 2 heterocycles. The van der Waals surface area contributed by atoms with Gasteiger partial charge in [-0.25, -0.2) is 13.6 Å². The van der Waals surface area contributed by atoms with Crippen molar-refractivity contribution in [1.29, 1.82) is 0 Å². The average Bonchev–Trinajstić information content (AvgIpc) is 3.15. The van der Waals surface area contributed by atoms with Gasteiger partial charge in [-0.1, -0.05) is 61.3 Å². The van der Waals surface area contributed by atoms with Crippen molar-refractivity contribution < 1.29 is 28.3 Å². The van der Waals surface area contributed by atoms with Gasteiger partial charge in [0.05, 0.1) is 26.5 Å². The van der Waals surface area contributed by atoms with E-state index >= 15 is 0 Å². The van der Waals surface area contributed by atoms with Crippen LogP contribution in [0, 0.1) is 17.0 Å². The molecule has 1 aliphatic rings. The number of carbonyl (C=O) groups is 1. The van der Waals surface area contributed by atoms with Gasteiger partial charge in [0.25, 0.3) is 0 Å². The number of nitrogens with zero attached hydrogens (tertiary/aromatic N) is 2. The van der Waals surface area contributed by atoms with Crippen LogP contribution in [0.4, 0.5) is 13.6 Å². The minimum atomic E-state index is -1.83. The van der Waals surface area contributed by atoms with Gasteiger partial charge in [0.2, 0.25) is 0 Å². The first-order valence-electron chi connectivity index (χ1n) is 11.0. The molecule has 2 N–H and O–H groups in total. The van der Waals surface area contributed by atoms with Crippen molar-refractivity contribution in [2.45, 2.75) is 44.8 Å². The molecule has 3 atom stereocenters. The van der Waals surface area contributed by atoms with Crippen LogP contribution in [0.2, 0.25) is 10.0 Å². The number of piperidine rings is 1. The molecular formula is C25H23BrCl2F2N2O4. The number of hydrogen-bond acceptors (Lipinski definition) is 4. The van der Waals surface area contributed by atoms with E-state index in [2.05, 4.69) is 21.1 Å². The van der Waals surface area contributed by atoms with Gasteiger partial charge in [0.1, 0.15) is 11.3 Å². The van der Waals surface area contributed by atoms with Crippen LogP contribution < -0.4 is 0 Å². The summed E-state index contributed by atoms with van der Waals surface area (Å²) in [6.45, 7) is 5.44. The number of rotatable bonds is 3. The number of halogens is 5. The second kappa shape index (κ2) is 9.59. The van der Waals surface area contributed by atoms with E-state index in [4.69, 9.17) is 27.7 Å². The van der Waals surface area contributed by atoms with Gasteiger partial charge in [-0.3, -0.25) is 0 Å². The molecule has 1 aromatic heterocycles. The fourth-order valence-electron chi connectivity index (χ4n) is 5.02. The summed E-state index contributed by atoms with van der Waals surface area (Å²) in [5.41, 5.74) is -1.82. The number of amides is 1. The molecule has 3 aromatic rings. The van der Waals surface area contributed by atoms with Gasteiger partial charge in [-0.2, -0.15) is 0 Å². The zero-order valence-corrected chi connectivity index (χ0v) is 22.6. The highest BCUT2D eigenvalue weighted by Gasteiger charge is 2.56. The summed E-state index contributed by atoms with van der Waals surface area (Å²) in [5.74, 6) is -3.14. The minimum absolute atomic E-state index is 0.0434. The molecule has 1 saturated heterocycles. The Morgan fingerprint density at radius 3 is 2.39 bits per heavy atom. The Morgan fingerprint density at radius 2 is 1.83 bits per heavy atom. The van der Waals surface area contributed by atoms with Gasteiger partial charge in [0.15, 0.2) is 17.4 Å². The van der Waals surface area contributed by atoms with E-state index in [0.717, 1.165) is 12.1 Å². The third-order valence-electron chi connectivity index (χ3n) is 6.59. The number of carboxylic acid groups (broad SMARTS) is 1. The molecule has 0 spiro atoms. The molecule has 0 saturated carbocycles. The molecule has 1 unspecified atom stereocenters. The summed E-state index contributed by atoms with van der Waals surface area (Å²) >= 11 is 16.3. The average molecular weight is 604 g/mol. The molecule has 36 heavy (non-hydrogen) atoms. The zero-order chi connectivity index (χ0) is 26.6. The van der Waals surface area contributed by atoms with E-state index < -0.39 is 40.7 Å². The van der Waals surface area contributed by atoms with Crippen LogP contribution in [0.5, 0.6) is 0 Å². The molecule has 192 valence electrons. The van der Waals surface area contributed by atoms with E-state index in [9.17, 15) is 23.8 Å². The standard InChI is InChI=1S/C25H23BrCl2F2N2O4/c1-24(2,3)22-18(21-19(26)20(31-36-21)17-13(27)5-4-6-14(17)28)25(35,9-10-32(22)23(33)34)12-7-8-15(29)16(30)11-12/h4-8,11,18,22,35H,9-10H2,1-3H3,(H,33,34)/t18-,22?,25-/m0/s1. The Kier molecular flexibility index (Phi) is 7.16. The molecule has 6 nitrogen and oxygen atoms in total. The monoisotopic (exact) mass is 602 g/mol. The lowest BCUT2D eigenvalue weighted by Gasteiger charge is -2.53. The largest absolute Gasteiger partial charge is 0.465 e. The second-order valence-corrected chi connectivity index (χ2v) is 11.5. The number of benzene rings is 2. The number of aliphatic hydroxyl groups is 1. The van der Waals surface area contributed by atoms with Gasteiger partial charge in [-0.15, -0.1) is 0 Å². The fourth-order valence-corrected chi connectivity index (χ4v) is 6.19. The molecule has 11 heteroatoms. The van der Waals surface area contributed by atoms with Crippen LogP contribution in [-0.4, -0.2) is 38.9 Å². The highest BCUT2D eigenvalue weighted by Crippen LogP contribution is 2.54. The SMILES string of the molecule is CC(C)(C)C1[C@H](c2onc(-c3c(Cl)cccc3Cl)c2Br)[C@@](O)(c2ccc(F)c(F)c2)CCN1C(=O)O. The van der Waals surface area contributed by atoms with Crippen molar-refractivity contribution >= 4 is 45.2 Å². The lowest BCUT2D eigenvalue weighted by atomic mass is 9.64. The highest BCUT2D eigenvalue weighted by molar-refractivity contribution is 9.10. The summed E-state index contributed by atoms with van der Waals surface area (Å²) in [4.78, 5) is 13.5. The maximum absolute atomic E-state index is 14.3. The van der Waals surface area contributed by atoms with Crippen molar-refractivity contribution in [3.8, 4) is 11.3 Å². The molecule has 1 amide bonds. The first-order chi connectivity index (χ1) is 16.8. The quantitative estimate of drug-likeness (QED) is 0.324. The predicted molar refractivity (Wildman–Crippen MR) is 135 cm³/mol. The van der Waals surface area contributed by atoms with E-state index in [1.165, 1.54) is 11.0 Å². The minimum Gasteiger partial charge on any atom is -0.465 e. The van der Waals surface area contributed by atoms with Gasteiger partial charge in [0, 0.05) is 12.1 Å². The normalized spacial score (nSPS) is 22.6.